The molecule has 1 aromatic rings. The molecule has 1 atom stereocenters. The number of hydrogen-bond acceptors (Lipinski definition) is 5. The fraction of sp³-hybridized carbons (Fsp3) is 0.455. The number of phenolic OH excluding ortho intramolecular Hbond substituents is 1. The lowest BCUT2D eigenvalue weighted by atomic mass is 9.68. The molecular formula is C22H27NO4. The van der Waals surface area contributed by atoms with Crippen molar-refractivity contribution < 1.29 is 19.4 Å². The van der Waals surface area contributed by atoms with Crippen molar-refractivity contribution in [1.82, 2.24) is 5.32 Å². The van der Waals surface area contributed by atoms with E-state index in [4.69, 9.17) is 4.74 Å². The maximum absolute atomic E-state index is 13.1. The van der Waals surface area contributed by atoms with E-state index in [0.717, 1.165) is 29.8 Å². The number of dihydropyridines is 1. The zero-order valence-corrected chi connectivity index (χ0v) is 16.4. The minimum Gasteiger partial charge on any atom is -0.508 e. The number of phenols is 1. The van der Waals surface area contributed by atoms with Crippen molar-refractivity contribution in [2.24, 2.45) is 5.41 Å². The van der Waals surface area contributed by atoms with Gasteiger partial charge in [0, 0.05) is 29.3 Å². The van der Waals surface area contributed by atoms with E-state index in [1.165, 1.54) is 0 Å². The van der Waals surface area contributed by atoms with E-state index in [9.17, 15) is 14.7 Å². The standard InChI is InChI=1S/C22H27NO4/c1-5-10-27-21(26)18-13(2)23-16-11-22(3,4)12-17(25)20(16)19(18)14-6-8-15(24)9-7-14/h6-9,19,23-24H,5,10-12H2,1-4H3/t19-/m0/s1. The first-order chi connectivity index (χ1) is 12.7. The topological polar surface area (TPSA) is 75.6 Å². The van der Waals surface area contributed by atoms with Gasteiger partial charge < -0.3 is 15.2 Å². The highest BCUT2D eigenvalue weighted by molar-refractivity contribution is 6.04. The van der Waals surface area contributed by atoms with Crippen molar-refractivity contribution in [3.63, 3.8) is 0 Å². The number of ether oxygens (including phenoxy) is 1. The molecule has 1 heterocycles. The zero-order valence-electron chi connectivity index (χ0n) is 16.4. The molecule has 27 heavy (non-hydrogen) atoms. The summed E-state index contributed by atoms with van der Waals surface area (Å²) in [5.74, 6) is -0.673. The first-order valence-electron chi connectivity index (χ1n) is 9.43. The van der Waals surface area contributed by atoms with Gasteiger partial charge >= 0.3 is 5.97 Å². The highest BCUT2D eigenvalue weighted by Gasteiger charge is 2.43. The highest BCUT2D eigenvalue weighted by Crippen LogP contribution is 2.46. The van der Waals surface area contributed by atoms with Gasteiger partial charge in [0.15, 0.2) is 5.78 Å². The first kappa shape index (κ1) is 19.2. The van der Waals surface area contributed by atoms with Gasteiger partial charge in [0.05, 0.1) is 12.2 Å². The maximum atomic E-state index is 13.1. The average Bonchev–Trinajstić information content (AvgIpc) is 2.58. The van der Waals surface area contributed by atoms with E-state index < -0.39 is 11.9 Å². The molecule has 0 amide bonds. The summed E-state index contributed by atoms with van der Waals surface area (Å²) in [6, 6.07) is 6.70. The van der Waals surface area contributed by atoms with Crippen LogP contribution in [0.4, 0.5) is 0 Å². The number of hydrogen-bond donors (Lipinski definition) is 2. The van der Waals surface area contributed by atoms with Crippen molar-refractivity contribution in [2.75, 3.05) is 6.61 Å². The summed E-state index contributed by atoms with van der Waals surface area (Å²) in [5.41, 5.74) is 3.41. The molecule has 0 bridgehead atoms. The van der Waals surface area contributed by atoms with Gasteiger partial charge in [-0.15, -0.1) is 0 Å². The third kappa shape index (κ3) is 3.77. The van der Waals surface area contributed by atoms with Crippen LogP contribution < -0.4 is 5.32 Å². The lowest BCUT2D eigenvalue weighted by Crippen LogP contribution is -2.38. The second-order valence-electron chi connectivity index (χ2n) is 8.16. The van der Waals surface area contributed by atoms with Crippen LogP contribution >= 0.6 is 0 Å². The molecule has 0 saturated carbocycles. The summed E-state index contributed by atoms with van der Waals surface area (Å²) in [7, 11) is 0. The van der Waals surface area contributed by atoms with Crippen molar-refractivity contribution in [2.45, 2.75) is 52.9 Å². The van der Waals surface area contributed by atoms with E-state index in [-0.39, 0.29) is 16.9 Å². The molecule has 0 unspecified atom stereocenters. The van der Waals surface area contributed by atoms with Crippen LogP contribution in [-0.2, 0) is 14.3 Å². The van der Waals surface area contributed by atoms with Crippen LogP contribution in [0.5, 0.6) is 5.75 Å². The number of carbonyl (C=O) groups is 2. The molecule has 1 aliphatic heterocycles. The van der Waals surface area contributed by atoms with Crippen LogP contribution in [0.3, 0.4) is 0 Å². The van der Waals surface area contributed by atoms with E-state index in [0.29, 0.717) is 24.2 Å². The smallest absolute Gasteiger partial charge is 0.336 e. The zero-order chi connectivity index (χ0) is 19.8. The van der Waals surface area contributed by atoms with E-state index in [2.05, 4.69) is 19.2 Å². The van der Waals surface area contributed by atoms with Gasteiger partial charge in [-0.05, 0) is 42.9 Å². The lowest BCUT2D eigenvalue weighted by molar-refractivity contribution is -0.139. The van der Waals surface area contributed by atoms with Gasteiger partial charge in [-0.1, -0.05) is 32.9 Å². The average molecular weight is 369 g/mol. The monoisotopic (exact) mass is 369 g/mol. The molecule has 5 heteroatoms. The quantitative estimate of drug-likeness (QED) is 0.786. The van der Waals surface area contributed by atoms with E-state index >= 15 is 0 Å². The molecule has 5 nitrogen and oxygen atoms in total. The molecular weight excluding hydrogens is 342 g/mol. The Morgan fingerprint density at radius 1 is 1.26 bits per heavy atom. The number of aromatic hydroxyl groups is 1. The van der Waals surface area contributed by atoms with Crippen molar-refractivity contribution in [3.05, 3.63) is 52.4 Å². The Labute approximate surface area is 160 Å². The molecule has 0 radical (unpaired) electrons. The number of esters is 1. The number of rotatable bonds is 4. The number of carbonyl (C=O) groups excluding carboxylic acids is 2. The van der Waals surface area contributed by atoms with E-state index in [1.54, 1.807) is 24.3 Å². The predicted molar refractivity (Wildman–Crippen MR) is 103 cm³/mol. The Morgan fingerprint density at radius 3 is 2.56 bits per heavy atom. The Kier molecular flexibility index (Phi) is 5.13. The molecule has 2 aliphatic rings. The van der Waals surface area contributed by atoms with Crippen LogP contribution in [0.1, 0.15) is 58.4 Å². The molecule has 0 aromatic heterocycles. The summed E-state index contributed by atoms with van der Waals surface area (Å²) >= 11 is 0. The summed E-state index contributed by atoms with van der Waals surface area (Å²) < 4.78 is 5.41. The largest absolute Gasteiger partial charge is 0.508 e. The molecule has 3 rings (SSSR count). The predicted octanol–water partition coefficient (Wildman–Crippen LogP) is 3.95. The maximum Gasteiger partial charge on any atom is 0.336 e. The molecule has 2 N–H and O–H groups in total. The molecule has 1 aromatic carbocycles. The second kappa shape index (κ2) is 7.22. The van der Waals surface area contributed by atoms with Gasteiger partial charge in [0.25, 0.3) is 0 Å². The molecule has 0 spiro atoms. The Bertz CT molecular complexity index is 830. The Hall–Kier alpha value is -2.56. The third-order valence-electron chi connectivity index (χ3n) is 5.12. The summed E-state index contributed by atoms with van der Waals surface area (Å²) in [4.78, 5) is 25.9. The van der Waals surface area contributed by atoms with Crippen LogP contribution in [0.15, 0.2) is 46.8 Å². The van der Waals surface area contributed by atoms with Crippen molar-refractivity contribution >= 4 is 11.8 Å². The van der Waals surface area contributed by atoms with Gasteiger partial charge in [-0.25, -0.2) is 4.79 Å². The highest BCUT2D eigenvalue weighted by atomic mass is 16.5. The molecule has 0 saturated heterocycles. The van der Waals surface area contributed by atoms with Crippen LogP contribution in [0, 0.1) is 5.41 Å². The van der Waals surface area contributed by atoms with Gasteiger partial charge in [0.2, 0.25) is 0 Å². The first-order valence-corrected chi connectivity index (χ1v) is 9.43. The number of Topliss-reactive ketones (excluding diaryl/α,β-unsaturated/α-hetero) is 1. The fourth-order valence-corrected chi connectivity index (χ4v) is 3.98. The fourth-order valence-electron chi connectivity index (χ4n) is 3.98. The molecule has 0 fully saturated rings. The van der Waals surface area contributed by atoms with Crippen LogP contribution in [0.2, 0.25) is 0 Å². The van der Waals surface area contributed by atoms with Gasteiger partial charge in [0.1, 0.15) is 5.75 Å². The minimum atomic E-state index is -0.477. The molecule has 144 valence electrons. The van der Waals surface area contributed by atoms with Crippen molar-refractivity contribution in [3.8, 4) is 5.75 Å². The summed E-state index contributed by atoms with van der Waals surface area (Å²) in [6.07, 6.45) is 1.92. The van der Waals surface area contributed by atoms with Crippen molar-refractivity contribution in [1.29, 1.82) is 0 Å². The Morgan fingerprint density at radius 2 is 1.93 bits per heavy atom. The lowest BCUT2D eigenvalue weighted by Gasteiger charge is -2.39. The summed E-state index contributed by atoms with van der Waals surface area (Å²) in [6.45, 7) is 8.29. The van der Waals surface area contributed by atoms with Crippen LogP contribution in [0.25, 0.3) is 0 Å². The number of nitrogens with one attached hydrogen (secondary N) is 1. The van der Waals surface area contributed by atoms with E-state index in [1.807, 2.05) is 13.8 Å². The third-order valence-corrected chi connectivity index (χ3v) is 5.12. The second-order valence-corrected chi connectivity index (χ2v) is 8.16. The SMILES string of the molecule is CCCOC(=O)C1=C(C)NC2=C(C(=O)CC(C)(C)C2)[C@H]1c1ccc(O)cc1. The number of benzene rings is 1. The number of allylic oxidation sites excluding steroid dienone is 3. The van der Waals surface area contributed by atoms with Crippen LogP contribution in [-0.4, -0.2) is 23.5 Å². The normalized spacial score (nSPS) is 21.6. The Balaban J connectivity index is 2.12. The summed E-state index contributed by atoms with van der Waals surface area (Å²) in [5, 5.41) is 13.0. The van der Waals surface area contributed by atoms with Gasteiger partial charge in [-0.2, -0.15) is 0 Å². The minimum absolute atomic E-state index is 0.0557. The van der Waals surface area contributed by atoms with Gasteiger partial charge in [-0.3, -0.25) is 4.79 Å². The number of ketones is 1. The molecule has 1 aliphatic carbocycles.